The summed E-state index contributed by atoms with van der Waals surface area (Å²) in [7, 11) is 0. The highest BCUT2D eigenvalue weighted by Crippen LogP contribution is 2.20. The smallest absolute Gasteiger partial charge is 0.355 e. The van der Waals surface area contributed by atoms with Gasteiger partial charge in [-0.3, -0.25) is 9.59 Å². The van der Waals surface area contributed by atoms with E-state index in [1.54, 1.807) is 42.5 Å². The summed E-state index contributed by atoms with van der Waals surface area (Å²) in [5.74, 6) is -1.77. The summed E-state index contributed by atoms with van der Waals surface area (Å²) in [6, 6.07) is 14.2. The van der Waals surface area contributed by atoms with E-state index in [-0.39, 0.29) is 5.70 Å². The van der Waals surface area contributed by atoms with E-state index in [0.717, 1.165) is 11.7 Å². The molecule has 9 heteroatoms. The average molecular weight is 396 g/mol. The van der Waals surface area contributed by atoms with Crippen LogP contribution in [-0.2, 0) is 19.1 Å². The summed E-state index contributed by atoms with van der Waals surface area (Å²) < 4.78 is 13.3. The molecule has 3 rings (SSSR count). The first-order valence-corrected chi connectivity index (χ1v) is 8.98. The summed E-state index contributed by atoms with van der Waals surface area (Å²) in [5.41, 5.74) is 2.36. The Bertz CT molecular complexity index is 1050. The molecule has 1 heterocycles. The van der Waals surface area contributed by atoms with Crippen LogP contribution in [0.3, 0.4) is 0 Å². The molecule has 2 aromatic carbocycles. The Morgan fingerprint density at radius 1 is 1.07 bits per heavy atom. The SMILES string of the molecule is CC(=O)N/C(=C/c1ccccc1)C(=O)OCC(=O)Nc1cccc2nsnc12. The van der Waals surface area contributed by atoms with Crippen molar-refractivity contribution in [3.05, 3.63) is 59.8 Å². The van der Waals surface area contributed by atoms with Crippen molar-refractivity contribution in [2.24, 2.45) is 0 Å². The molecule has 0 unspecified atom stereocenters. The molecule has 0 bridgehead atoms. The second-order valence-electron chi connectivity index (χ2n) is 5.71. The van der Waals surface area contributed by atoms with Crippen LogP contribution in [0.15, 0.2) is 54.2 Å². The Morgan fingerprint density at radius 2 is 1.86 bits per heavy atom. The maximum Gasteiger partial charge on any atom is 0.355 e. The van der Waals surface area contributed by atoms with Gasteiger partial charge < -0.3 is 15.4 Å². The third kappa shape index (κ3) is 4.98. The lowest BCUT2D eigenvalue weighted by molar-refractivity contribution is -0.144. The van der Waals surface area contributed by atoms with E-state index >= 15 is 0 Å². The van der Waals surface area contributed by atoms with Gasteiger partial charge in [0.05, 0.1) is 17.4 Å². The predicted octanol–water partition coefficient (Wildman–Crippen LogP) is 2.35. The number of carbonyl (C=O) groups excluding carboxylic acids is 3. The number of amides is 2. The zero-order valence-corrected chi connectivity index (χ0v) is 15.7. The zero-order chi connectivity index (χ0) is 19.9. The fourth-order valence-corrected chi connectivity index (χ4v) is 2.90. The molecule has 8 nitrogen and oxygen atoms in total. The first kappa shape index (κ1) is 19.2. The Morgan fingerprint density at radius 3 is 2.61 bits per heavy atom. The molecule has 142 valence electrons. The first-order valence-electron chi connectivity index (χ1n) is 8.25. The van der Waals surface area contributed by atoms with E-state index in [0.29, 0.717) is 22.3 Å². The maximum absolute atomic E-state index is 12.3. The van der Waals surface area contributed by atoms with Gasteiger partial charge in [0.25, 0.3) is 5.91 Å². The molecule has 0 fully saturated rings. The molecule has 0 radical (unpaired) electrons. The van der Waals surface area contributed by atoms with E-state index in [4.69, 9.17) is 4.74 Å². The monoisotopic (exact) mass is 396 g/mol. The number of nitrogens with zero attached hydrogens (tertiary/aromatic N) is 2. The van der Waals surface area contributed by atoms with E-state index in [9.17, 15) is 14.4 Å². The first-order chi connectivity index (χ1) is 13.5. The van der Waals surface area contributed by atoms with Crippen molar-refractivity contribution in [1.82, 2.24) is 14.1 Å². The van der Waals surface area contributed by atoms with Gasteiger partial charge in [0.1, 0.15) is 16.7 Å². The minimum atomic E-state index is -0.817. The van der Waals surface area contributed by atoms with Crippen LogP contribution in [0.5, 0.6) is 0 Å². The number of benzene rings is 2. The van der Waals surface area contributed by atoms with Crippen LogP contribution in [-0.4, -0.2) is 33.1 Å². The van der Waals surface area contributed by atoms with Gasteiger partial charge in [-0.05, 0) is 23.8 Å². The molecule has 2 amide bonds. The molecule has 3 aromatic rings. The fraction of sp³-hybridized carbons (Fsp3) is 0.105. The minimum Gasteiger partial charge on any atom is -0.451 e. The van der Waals surface area contributed by atoms with E-state index in [1.165, 1.54) is 13.0 Å². The van der Waals surface area contributed by atoms with Crippen LogP contribution in [0.25, 0.3) is 17.1 Å². The second-order valence-corrected chi connectivity index (χ2v) is 6.24. The molecular weight excluding hydrogens is 380 g/mol. The summed E-state index contributed by atoms with van der Waals surface area (Å²) in [4.78, 5) is 35.8. The van der Waals surface area contributed by atoms with Crippen LogP contribution in [0.2, 0.25) is 0 Å². The number of hydrogen-bond acceptors (Lipinski definition) is 7. The Labute approximate surface area is 164 Å². The normalized spacial score (nSPS) is 11.1. The molecular formula is C19H16N4O4S. The van der Waals surface area contributed by atoms with Crippen LogP contribution in [0.4, 0.5) is 5.69 Å². The highest BCUT2D eigenvalue weighted by Gasteiger charge is 2.16. The van der Waals surface area contributed by atoms with Crippen molar-refractivity contribution >= 4 is 52.3 Å². The molecule has 0 aliphatic carbocycles. The highest BCUT2D eigenvalue weighted by atomic mass is 32.1. The highest BCUT2D eigenvalue weighted by molar-refractivity contribution is 7.00. The van der Waals surface area contributed by atoms with Crippen molar-refractivity contribution in [1.29, 1.82) is 0 Å². The largest absolute Gasteiger partial charge is 0.451 e. The molecule has 1 aromatic heterocycles. The van der Waals surface area contributed by atoms with Crippen molar-refractivity contribution in [2.45, 2.75) is 6.92 Å². The van der Waals surface area contributed by atoms with Crippen LogP contribution < -0.4 is 10.6 Å². The Kier molecular flexibility index (Phi) is 6.07. The van der Waals surface area contributed by atoms with E-state index in [1.807, 2.05) is 6.07 Å². The van der Waals surface area contributed by atoms with E-state index < -0.39 is 24.4 Å². The number of rotatable bonds is 6. The van der Waals surface area contributed by atoms with Gasteiger partial charge in [-0.25, -0.2) is 4.79 Å². The van der Waals surface area contributed by atoms with E-state index in [2.05, 4.69) is 19.4 Å². The molecule has 0 aliphatic heterocycles. The van der Waals surface area contributed by atoms with Gasteiger partial charge in [0.15, 0.2) is 6.61 Å². The van der Waals surface area contributed by atoms with Crippen molar-refractivity contribution < 1.29 is 19.1 Å². The molecule has 0 saturated carbocycles. The number of anilines is 1. The quantitative estimate of drug-likeness (QED) is 0.489. The number of ether oxygens (including phenoxy) is 1. The molecule has 0 aliphatic rings. The summed E-state index contributed by atoms with van der Waals surface area (Å²) in [6.45, 7) is 0.764. The number of aromatic nitrogens is 2. The number of hydrogen-bond donors (Lipinski definition) is 2. The maximum atomic E-state index is 12.3. The zero-order valence-electron chi connectivity index (χ0n) is 14.8. The van der Waals surface area contributed by atoms with Gasteiger partial charge in [-0.1, -0.05) is 36.4 Å². The summed E-state index contributed by atoms with van der Waals surface area (Å²) in [5, 5.41) is 5.06. The van der Waals surface area contributed by atoms with Gasteiger partial charge >= 0.3 is 5.97 Å². The minimum absolute atomic E-state index is 0.0581. The lowest BCUT2D eigenvalue weighted by atomic mass is 10.2. The number of esters is 1. The predicted molar refractivity (Wildman–Crippen MR) is 105 cm³/mol. The van der Waals surface area contributed by atoms with Gasteiger partial charge in [-0.15, -0.1) is 0 Å². The van der Waals surface area contributed by atoms with Crippen molar-refractivity contribution in [3.8, 4) is 0 Å². The third-order valence-corrected chi connectivity index (χ3v) is 4.08. The topological polar surface area (TPSA) is 110 Å². The molecule has 0 atom stereocenters. The number of fused-ring (bicyclic) bond motifs is 1. The molecule has 28 heavy (non-hydrogen) atoms. The van der Waals surface area contributed by atoms with Crippen molar-refractivity contribution in [3.63, 3.8) is 0 Å². The van der Waals surface area contributed by atoms with Gasteiger partial charge in [0.2, 0.25) is 5.91 Å². The molecule has 2 N–H and O–H groups in total. The van der Waals surface area contributed by atoms with Crippen molar-refractivity contribution in [2.75, 3.05) is 11.9 Å². The lowest BCUT2D eigenvalue weighted by Gasteiger charge is -2.10. The van der Waals surface area contributed by atoms with Crippen LogP contribution >= 0.6 is 11.7 Å². The number of nitrogens with one attached hydrogen (secondary N) is 2. The Balaban J connectivity index is 1.65. The molecule has 0 saturated heterocycles. The second kappa shape index (κ2) is 8.87. The standard InChI is InChI=1S/C19H16N4O4S/c1-12(24)20-16(10-13-6-3-2-4-7-13)19(26)27-11-17(25)21-14-8-5-9-15-18(14)23-28-22-15/h2-10H,11H2,1H3,(H,20,24)(H,21,25)/b16-10+. The van der Waals surface area contributed by atoms with Gasteiger partial charge in [0, 0.05) is 6.92 Å². The van der Waals surface area contributed by atoms with Crippen LogP contribution in [0, 0.1) is 0 Å². The summed E-state index contributed by atoms with van der Waals surface area (Å²) in [6.07, 6.45) is 1.48. The fourth-order valence-electron chi connectivity index (χ4n) is 2.35. The lowest BCUT2D eigenvalue weighted by Crippen LogP contribution is -2.28. The van der Waals surface area contributed by atoms with Gasteiger partial charge in [-0.2, -0.15) is 8.75 Å². The number of carbonyl (C=O) groups is 3. The molecule has 0 spiro atoms. The summed E-state index contributed by atoms with van der Waals surface area (Å²) >= 11 is 1.04. The van der Waals surface area contributed by atoms with Crippen LogP contribution in [0.1, 0.15) is 12.5 Å². The average Bonchev–Trinajstić information content (AvgIpc) is 3.16. The third-order valence-electron chi connectivity index (χ3n) is 3.54. The Hall–Kier alpha value is -3.59.